The fourth-order valence-electron chi connectivity index (χ4n) is 0.911. The van der Waals surface area contributed by atoms with Gasteiger partial charge in [-0.15, -0.1) is 10.2 Å². The summed E-state index contributed by atoms with van der Waals surface area (Å²) in [7, 11) is 0.486. The maximum absolute atomic E-state index is 11.4. The minimum Gasteiger partial charge on any atom is -0.480 e. The van der Waals surface area contributed by atoms with Crippen molar-refractivity contribution in [2.75, 3.05) is 12.9 Å². The molecule has 1 rings (SSSR count). The molecular formula is C8H12N2O2S. The number of hydrogen-bond donors (Lipinski definition) is 0. The lowest BCUT2D eigenvalue weighted by molar-refractivity contribution is 0.389. The summed E-state index contributed by atoms with van der Waals surface area (Å²) in [6.07, 6.45) is 0. The maximum Gasteiger partial charge on any atom is 0.233 e. The summed E-state index contributed by atoms with van der Waals surface area (Å²) in [6, 6.07) is 1.73. The van der Waals surface area contributed by atoms with Crippen molar-refractivity contribution < 1.29 is 8.95 Å². The highest BCUT2D eigenvalue weighted by molar-refractivity contribution is 7.84. The number of aryl methyl sites for hydroxylation is 1. The van der Waals surface area contributed by atoms with Gasteiger partial charge < -0.3 is 4.74 Å². The van der Waals surface area contributed by atoms with Crippen molar-refractivity contribution >= 4 is 10.8 Å². The molecule has 1 aromatic rings. The molecule has 0 aliphatic carbocycles. The van der Waals surface area contributed by atoms with Gasteiger partial charge in [-0.1, -0.05) is 6.92 Å². The second kappa shape index (κ2) is 4.32. The van der Waals surface area contributed by atoms with Crippen LogP contribution in [0, 0.1) is 6.92 Å². The van der Waals surface area contributed by atoms with Crippen LogP contribution in [-0.4, -0.2) is 27.3 Å². The Labute approximate surface area is 79.8 Å². The van der Waals surface area contributed by atoms with Crippen LogP contribution in [0.15, 0.2) is 11.1 Å². The smallest absolute Gasteiger partial charge is 0.233 e. The average molecular weight is 200 g/mol. The molecule has 0 aliphatic rings. The first kappa shape index (κ1) is 10.1. The predicted octanol–water partition coefficient (Wildman–Crippen LogP) is 0.921. The van der Waals surface area contributed by atoms with Crippen molar-refractivity contribution in [3.05, 3.63) is 11.6 Å². The number of nitrogens with zero attached hydrogens (tertiary/aromatic N) is 2. The Morgan fingerprint density at radius 1 is 1.54 bits per heavy atom. The van der Waals surface area contributed by atoms with Gasteiger partial charge in [-0.05, 0) is 12.5 Å². The minimum atomic E-state index is -1.04. The quantitative estimate of drug-likeness (QED) is 0.728. The third-order valence-corrected chi connectivity index (χ3v) is 2.96. The molecule has 0 aromatic carbocycles. The van der Waals surface area contributed by atoms with Crippen molar-refractivity contribution in [2.45, 2.75) is 18.9 Å². The van der Waals surface area contributed by atoms with Gasteiger partial charge in [0.2, 0.25) is 5.88 Å². The molecule has 13 heavy (non-hydrogen) atoms. The van der Waals surface area contributed by atoms with Crippen LogP contribution in [0.4, 0.5) is 0 Å². The Bertz CT molecular complexity index is 328. The maximum atomic E-state index is 11.4. The topological polar surface area (TPSA) is 52.1 Å². The lowest BCUT2D eigenvalue weighted by Crippen LogP contribution is -2.03. The van der Waals surface area contributed by atoms with Crippen molar-refractivity contribution in [1.82, 2.24) is 10.2 Å². The second-order valence-corrected chi connectivity index (χ2v) is 4.16. The van der Waals surface area contributed by atoms with Gasteiger partial charge in [-0.3, -0.25) is 4.21 Å². The fourth-order valence-corrected chi connectivity index (χ4v) is 1.73. The lowest BCUT2D eigenvalue weighted by Gasteiger charge is -2.03. The Hall–Kier alpha value is -0.970. The number of ether oxygens (including phenoxy) is 1. The summed E-state index contributed by atoms with van der Waals surface area (Å²) in [5.74, 6) is 1.01. The molecular weight excluding hydrogens is 188 g/mol. The normalized spacial score (nSPS) is 12.5. The molecule has 0 saturated heterocycles. The van der Waals surface area contributed by atoms with Crippen LogP contribution in [0.25, 0.3) is 0 Å². The van der Waals surface area contributed by atoms with E-state index in [1.54, 1.807) is 6.07 Å². The first-order valence-corrected chi connectivity index (χ1v) is 5.27. The van der Waals surface area contributed by atoms with Crippen molar-refractivity contribution in [1.29, 1.82) is 0 Å². The highest BCUT2D eigenvalue weighted by atomic mass is 32.2. The molecule has 0 aliphatic heterocycles. The van der Waals surface area contributed by atoms with E-state index in [2.05, 4.69) is 10.2 Å². The van der Waals surface area contributed by atoms with Crippen LogP contribution in [0.3, 0.4) is 0 Å². The number of rotatable bonds is 3. The number of hydrogen-bond acceptors (Lipinski definition) is 4. The molecule has 1 atom stereocenters. The van der Waals surface area contributed by atoms with Crippen LogP contribution < -0.4 is 4.74 Å². The molecule has 0 fully saturated rings. The predicted molar refractivity (Wildman–Crippen MR) is 50.3 cm³/mol. The summed E-state index contributed by atoms with van der Waals surface area (Å²) in [4.78, 5) is 0. The zero-order valence-corrected chi connectivity index (χ0v) is 8.72. The fraction of sp³-hybridized carbons (Fsp3) is 0.500. The SMILES string of the molecule is CCS(=O)c1nnc(OC)cc1C. The van der Waals surface area contributed by atoms with Gasteiger partial charge in [0.1, 0.15) is 0 Å². The summed E-state index contributed by atoms with van der Waals surface area (Å²) < 4.78 is 16.3. The van der Waals surface area contributed by atoms with Gasteiger partial charge >= 0.3 is 0 Å². The van der Waals surface area contributed by atoms with E-state index in [-0.39, 0.29) is 0 Å². The van der Waals surface area contributed by atoms with Crippen LogP contribution in [0.1, 0.15) is 12.5 Å². The number of aromatic nitrogens is 2. The second-order valence-electron chi connectivity index (χ2n) is 2.51. The highest BCUT2D eigenvalue weighted by Gasteiger charge is 2.08. The van der Waals surface area contributed by atoms with Gasteiger partial charge in [0, 0.05) is 11.8 Å². The standard InChI is InChI=1S/C8H12N2O2S/c1-4-13(11)8-6(2)5-7(12-3)9-10-8/h5H,4H2,1-3H3. The zero-order valence-electron chi connectivity index (χ0n) is 7.90. The first-order valence-electron chi connectivity index (χ1n) is 3.95. The average Bonchev–Trinajstić information content (AvgIpc) is 2.16. The first-order chi connectivity index (χ1) is 6.19. The van der Waals surface area contributed by atoms with Crippen LogP contribution in [-0.2, 0) is 10.8 Å². The van der Waals surface area contributed by atoms with Gasteiger partial charge in [-0.25, -0.2) is 0 Å². The molecule has 5 heteroatoms. The molecule has 0 amide bonds. The van der Waals surface area contributed by atoms with E-state index >= 15 is 0 Å². The summed E-state index contributed by atoms with van der Waals surface area (Å²) in [5.41, 5.74) is 0.854. The van der Waals surface area contributed by atoms with E-state index in [1.807, 2.05) is 13.8 Å². The van der Waals surface area contributed by atoms with Gasteiger partial charge in [0.05, 0.1) is 17.9 Å². The van der Waals surface area contributed by atoms with Crippen molar-refractivity contribution in [3.63, 3.8) is 0 Å². The molecule has 1 unspecified atom stereocenters. The van der Waals surface area contributed by atoms with Gasteiger partial charge in [0.25, 0.3) is 0 Å². The zero-order chi connectivity index (χ0) is 9.84. The van der Waals surface area contributed by atoms with E-state index in [4.69, 9.17) is 4.74 Å². The summed E-state index contributed by atoms with van der Waals surface area (Å²) in [5, 5.41) is 8.15. The third kappa shape index (κ3) is 2.24. The Morgan fingerprint density at radius 2 is 2.23 bits per heavy atom. The van der Waals surface area contributed by atoms with E-state index in [0.29, 0.717) is 16.7 Å². The van der Waals surface area contributed by atoms with Gasteiger partial charge in [0.15, 0.2) is 5.03 Å². The Morgan fingerprint density at radius 3 is 2.69 bits per heavy atom. The molecule has 4 nitrogen and oxygen atoms in total. The molecule has 1 aromatic heterocycles. The van der Waals surface area contributed by atoms with E-state index in [1.165, 1.54) is 7.11 Å². The molecule has 0 spiro atoms. The van der Waals surface area contributed by atoms with E-state index in [0.717, 1.165) is 5.56 Å². The van der Waals surface area contributed by atoms with E-state index < -0.39 is 10.8 Å². The monoisotopic (exact) mass is 200 g/mol. The third-order valence-electron chi connectivity index (χ3n) is 1.60. The molecule has 0 radical (unpaired) electrons. The van der Waals surface area contributed by atoms with Crippen molar-refractivity contribution in [2.24, 2.45) is 0 Å². The highest BCUT2D eigenvalue weighted by Crippen LogP contribution is 2.13. The largest absolute Gasteiger partial charge is 0.480 e. The molecule has 1 heterocycles. The molecule has 0 saturated carbocycles. The molecule has 0 N–H and O–H groups in total. The summed E-state index contributed by atoms with van der Waals surface area (Å²) in [6.45, 7) is 3.70. The van der Waals surface area contributed by atoms with Crippen LogP contribution in [0.5, 0.6) is 5.88 Å². The lowest BCUT2D eigenvalue weighted by atomic mass is 10.3. The van der Waals surface area contributed by atoms with E-state index in [9.17, 15) is 4.21 Å². The Balaban J connectivity index is 3.05. The van der Waals surface area contributed by atoms with Crippen LogP contribution >= 0.6 is 0 Å². The summed E-state index contributed by atoms with van der Waals surface area (Å²) >= 11 is 0. The van der Waals surface area contributed by atoms with Crippen LogP contribution in [0.2, 0.25) is 0 Å². The Kier molecular flexibility index (Phi) is 3.36. The minimum absolute atomic E-state index is 0.453. The van der Waals surface area contributed by atoms with Gasteiger partial charge in [-0.2, -0.15) is 0 Å². The molecule has 72 valence electrons. The number of methoxy groups -OCH3 is 1. The van der Waals surface area contributed by atoms with Crippen molar-refractivity contribution in [3.8, 4) is 5.88 Å². The molecule has 0 bridgehead atoms.